The molecule has 4 N–H and O–H groups in total. The minimum atomic E-state index is 0.194. The van der Waals surface area contributed by atoms with E-state index in [9.17, 15) is 0 Å². The molecule has 0 aliphatic carbocycles. The number of aromatic nitrogens is 6. The number of nitrogen functional groups attached to an aromatic ring is 1. The fraction of sp³-hybridized carbons (Fsp3) is 0.111. The summed E-state index contributed by atoms with van der Waals surface area (Å²) in [5, 5.41) is 6.43. The largest absolute Gasteiger partial charge is 0.366 e. The lowest BCUT2D eigenvalue weighted by Gasteiger charge is -1.88. The first-order valence-electron chi connectivity index (χ1n) is 4.73. The van der Waals surface area contributed by atoms with Crippen LogP contribution in [-0.2, 0) is 0 Å². The number of aryl methyl sites for hydroxylation is 1. The molecule has 3 aromatic heterocycles. The zero-order valence-corrected chi connectivity index (χ0v) is 8.52. The SMILES string of the molecule is Cc1cnc2nc(-c3nc(N)n[nH]3)[nH]c2c1. The third-order valence-electron chi connectivity index (χ3n) is 2.20. The molecule has 0 aliphatic heterocycles. The molecule has 7 heteroatoms. The second-order valence-electron chi connectivity index (χ2n) is 3.51. The summed E-state index contributed by atoms with van der Waals surface area (Å²) in [5.41, 5.74) is 8.01. The number of H-pyrrole nitrogens is 2. The lowest BCUT2D eigenvalue weighted by Crippen LogP contribution is -1.86. The van der Waals surface area contributed by atoms with Gasteiger partial charge in [-0.05, 0) is 18.6 Å². The molecule has 0 spiro atoms. The average Bonchev–Trinajstić information content (AvgIpc) is 2.83. The van der Waals surface area contributed by atoms with Crippen molar-refractivity contribution in [3.05, 3.63) is 17.8 Å². The number of nitrogens with zero attached hydrogens (tertiary/aromatic N) is 4. The summed E-state index contributed by atoms with van der Waals surface area (Å²) in [6.07, 6.45) is 1.77. The summed E-state index contributed by atoms with van der Waals surface area (Å²) >= 11 is 0. The Labute approximate surface area is 90.1 Å². The summed E-state index contributed by atoms with van der Waals surface area (Å²) in [6, 6.07) is 1.97. The van der Waals surface area contributed by atoms with E-state index in [1.54, 1.807) is 6.20 Å². The van der Waals surface area contributed by atoms with E-state index in [0.717, 1.165) is 11.1 Å². The Balaban J connectivity index is 2.18. The quantitative estimate of drug-likeness (QED) is 0.551. The lowest BCUT2D eigenvalue weighted by atomic mass is 10.3. The van der Waals surface area contributed by atoms with Crippen LogP contribution in [0.3, 0.4) is 0 Å². The summed E-state index contributed by atoms with van der Waals surface area (Å²) in [6.45, 7) is 1.97. The molecule has 0 saturated heterocycles. The Morgan fingerprint density at radius 3 is 2.88 bits per heavy atom. The Morgan fingerprint density at radius 1 is 1.25 bits per heavy atom. The van der Waals surface area contributed by atoms with Crippen LogP contribution in [0.1, 0.15) is 5.56 Å². The molecule has 3 heterocycles. The van der Waals surface area contributed by atoms with Crippen molar-refractivity contribution >= 4 is 17.1 Å². The number of hydrogen-bond acceptors (Lipinski definition) is 5. The van der Waals surface area contributed by atoms with Gasteiger partial charge in [-0.2, -0.15) is 4.98 Å². The van der Waals surface area contributed by atoms with Gasteiger partial charge < -0.3 is 10.7 Å². The van der Waals surface area contributed by atoms with Gasteiger partial charge in [-0.1, -0.05) is 0 Å². The third-order valence-corrected chi connectivity index (χ3v) is 2.20. The van der Waals surface area contributed by atoms with Gasteiger partial charge in [0.1, 0.15) is 0 Å². The molecule has 0 saturated carbocycles. The second-order valence-corrected chi connectivity index (χ2v) is 3.51. The highest BCUT2D eigenvalue weighted by atomic mass is 15.3. The number of aromatic amines is 2. The molecule has 0 fully saturated rings. The molecule has 0 radical (unpaired) electrons. The summed E-state index contributed by atoms with van der Waals surface area (Å²) < 4.78 is 0. The molecule has 0 atom stereocenters. The number of nitrogens with one attached hydrogen (secondary N) is 2. The predicted molar refractivity (Wildman–Crippen MR) is 58.4 cm³/mol. The molecule has 3 rings (SSSR count). The fourth-order valence-electron chi connectivity index (χ4n) is 1.50. The number of hydrogen-bond donors (Lipinski definition) is 3. The topological polar surface area (TPSA) is 109 Å². The Hall–Kier alpha value is -2.44. The zero-order valence-electron chi connectivity index (χ0n) is 8.52. The Morgan fingerprint density at radius 2 is 2.12 bits per heavy atom. The number of fused-ring (bicyclic) bond motifs is 1. The lowest BCUT2D eigenvalue weighted by molar-refractivity contribution is 1.09. The fourth-order valence-corrected chi connectivity index (χ4v) is 1.50. The molecule has 0 aromatic carbocycles. The summed E-state index contributed by atoms with van der Waals surface area (Å²) in [4.78, 5) is 15.6. The number of nitrogens with two attached hydrogens (primary N) is 1. The maximum Gasteiger partial charge on any atom is 0.239 e. The van der Waals surface area contributed by atoms with Crippen molar-refractivity contribution in [3.8, 4) is 11.6 Å². The van der Waals surface area contributed by atoms with E-state index >= 15 is 0 Å². The minimum Gasteiger partial charge on any atom is -0.366 e. The molecular formula is C9H9N7. The van der Waals surface area contributed by atoms with Crippen molar-refractivity contribution in [2.24, 2.45) is 0 Å². The smallest absolute Gasteiger partial charge is 0.239 e. The molecule has 16 heavy (non-hydrogen) atoms. The van der Waals surface area contributed by atoms with Crippen molar-refractivity contribution < 1.29 is 0 Å². The molecule has 0 aliphatic rings. The van der Waals surface area contributed by atoms with Crippen LogP contribution in [0.15, 0.2) is 12.3 Å². The van der Waals surface area contributed by atoms with E-state index < -0.39 is 0 Å². The number of pyridine rings is 1. The van der Waals surface area contributed by atoms with Crippen LogP contribution in [0.5, 0.6) is 0 Å². The number of anilines is 1. The van der Waals surface area contributed by atoms with E-state index in [1.807, 2.05) is 13.0 Å². The molecule has 7 nitrogen and oxygen atoms in total. The van der Waals surface area contributed by atoms with Crippen LogP contribution < -0.4 is 5.73 Å². The molecular weight excluding hydrogens is 206 g/mol. The van der Waals surface area contributed by atoms with Gasteiger partial charge in [-0.25, -0.2) is 9.97 Å². The Kier molecular flexibility index (Phi) is 1.67. The van der Waals surface area contributed by atoms with Gasteiger partial charge in [0, 0.05) is 6.20 Å². The maximum absolute atomic E-state index is 5.42. The normalized spacial score (nSPS) is 11.1. The predicted octanol–water partition coefficient (Wildman–Crippen LogP) is 0.634. The van der Waals surface area contributed by atoms with E-state index in [4.69, 9.17) is 5.73 Å². The zero-order chi connectivity index (χ0) is 11.1. The van der Waals surface area contributed by atoms with Crippen molar-refractivity contribution in [3.63, 3.8) is 0 Å². The van der Waals surface area contributed by atoms with Gasteiger partial charge >= 0.3 is 0 Å². The molecule has 0 bridgehead atoms. The molecule has 0 amide bonds. The first-order valence-corrected chi connectivity index (χ1v) is 4.73. The monoisotopic (exact) mass is 215 g/mol. The Bertz CT molecular complexity index is 651. The standard InChI is InChI=1S/C9H9N7/c1-4-2-5-6(11-3-4)13-7(12-5)8-14-9(10)16-15-8/h2-3H,1H3,(H,11,12,13)(H3,10,14,15,16). The van der Waals surface area contributed by atoms with Gasteiger partial charge in [0.25, 0.3) is 0 Å². The van der Waals surface area contributed by atoms with Crippen LogP contribution in [0.25, 0.3) is 22.8 Å². The van der Waals surface area contributed by atoms with Crippen LogP contribution >= 0.6 is 0 Å². The summed E-state index contributed by atoms with van der Waals surface area (Å²) in [7, 11) is 0. The maximum atomic E-state index is 5.42. The highest BCUT2D eigenvalue weighted by molar-refractivity contribution is 5.74. The van der Waals surface area contributed by atoms with Crippen LogP contribution in [0.4, 0.5) is 5.95 Å². The van der Waals surface area contributed by atoms with E-state index in [2.05, 4.69) is 30.1 Å². The summed E-state index contributed by atoms with van der Waals surface area (Å²) in [5.74, 6) is 1.28. The van der Waals surface area contributed by atoms with Crippen molar-refractivity contribution in [2.45, 2.75) is 6.92 Å². The van der Waals surface area contributed by atoms with Gasteiger partial charge in [-0.3, -0.25) is 5.10 Å². The van der Waals surface area contributed by atoms with Gasteiger partial charge in [-0.15, -0.1) is 5.10 Å². The van der Waals surface area contributed by atoms with Crippen LogP contribution in [-0.4, -0.2) is 30.1 Å². The first-order chi connectivity index (χ1) is 7.72. The van der Waals surface area contributed by atoms with Crippen LogP contribution in [0, 0.1) is 6.92 Å². The van der Waals surface area contributed by atoms with Crippen molar-refractivity contribution in [1.29, 1.82) is 0 Å². The molecule has 80 valence electrons. The van der Waals surface area contributed by atoms with E-state index in [0.29, 0.717) is 17.3 Å². The van der Waals surface area contributed by atoms with Crippen LogP contribution in [0.2, 0.25) is 0 Å². The van der Waals surface area contributed by atoms with Gasteiger partial charge in [0.15, 0.2) is 17.3 Å². The number of imidazole rings is 1. The van der Waals surface area contributed by atoms with E-state index in [-0.39, 0.29) is 5.95 Å². The van der Waals surface area contributed by atoms with Gasteiger partial charge in [0.2, 0.25) is 5.95 Å². The highest BCUT2D eigenvalue weighted by Crippen LogP contribution is 2.16. The minimum absolute atomic E-state index is 0.194. The van der Waals surface area contributed by atoms with E-state index in [1.165, 1.54) is 0 Å². The number of rotatable bonds is 1. The van der Waals surface area contributed by atoms with Crippen molar-refractivity contribution in [1.82, 2.24) is 30.1 Å². The first kappa shape index (κ1) is 8.84. The molecule has 3 aromatic rings. The average molecular weight is 215 g/mol. The van der Waals surface area contributed by atoms with Gasteiger partial charge in [0.05, 0.1) is 5.52 Å². The second kappa shape index (κ2) is 3.02. The molecule has 0 unspecified atom stereocenters. The third kappa shape index (κ3) is 1.29. The highest BCUT2D eigenvalue weighted by Gasteiger charge is 2.09. The van der Waals surface area contributed by atoms with Crippen molar-refractivity contribution in [2.75, 3.05) is 5.73 Å².